The van der Waals surface area contributed by atoms with Crippen molar-refractivity contribution in [3.63, 3.8) is 0 Å². The number of likely N-dealkylation sites (N-methyl/N-ethyl adjacent to an activating group) is 1. The summed E-state index contributed by atoms with van der Waals surface area (Å²) < 4.78 is 7.65. The summed E-state index contributed by atoms with van der Waals surface area (Å²) in [6.45, 7) is 2.23. The molecule has 2 aromatic rings. The van der Waals surface area contributed by atoms with E-state index in [9.17, 15) is 0 Å². The molecule has 1 saturated heterocycles. The first-order chi connectivity index (χ1) is 9.68. The van der Waals surface area contributed by atoms with Crippen LogP contribution < -0.4 is 4.24 Å². The Morgan fingerprint density at radius 1 is 1.00 bits per heavy atom. The van der Waals surface area contributed by atoms with Crippen molar-refractivity contribution in [2.75, 3.05) is 7.05 Å². The van der Waals surface area contributed by atoms with Gasteiger partial charge in [-0.25, -0.2) is 0 Å². The number of hydrogen-bond acceptors (Lipinski definition) is 2. The summed E-state index contributed by atoms with van der Waals surface area (Å²) >= 11 is 2.15. The molecule has 1 aliphatic rings. The Morgan fingerprint density at radius 3 is 2.35 bits per heavy atom. The summed E-state index contributed by atoms with van der Waals surface area (Å²) in [6, 6.07) is 19.3. The zero-order chi connectivity index (χ0) is 14.1. The quantitative estimate of drug-likeness (QED) is 0.769. The molecule has 0 spiro atoms. The maximum atomic E-state index is 6.36. The van der Waals surface area contributed by atoms with Gasteiger partial charge in [0, 0.05) is 0 Å². The number of rotatable bonds is 2. The molecule has 0 aliphatic carbocycles. The Labute approximate surface area is 130 Å². The molecule has 20 heavy (non-hydrogen) atoms. The van der Waals surface area contributed by atoms with Crippen molar-refractivity contribution in [3.8, 4) is 0 Å². The Bertz CT molecular complexity index is 587. The van der Waals surface area contributed by atoms with Gasteiger partial charge in [-0.05, 0) is 0 Å². The predicted octanol–water partition coefficient (Wildman–Crippen LogP) is 2.57. The summed E-state index contributed by atoms with van der Waals surface area (Å²) in [5.74, 6) is 0. The van der Waals surface area contributed by atoms with Gasteiger partial charge in [0.2, 0.25) is 0 Å². The van der Waals surface area contributed by atoms with Gasteiger partial charge >= 0.3 is 130 Å². The average Bonchev–Trinajstić information content (AvgIpc) is 2.77. The van der Waals surface area contributed by atoms with Gasteiger partial charge in [-0.15, -0.1) is 0 Å². The van der Waals surface area contributed by atoms with Gasteiger partial charge in [-0.1, -0.05) is 0 Å². The van der Waals surface area contributed by atoms with Crippen molar-refractivity contribution >= 4 is 22.0 Å². The Morgan fingerprint density at radius 2 is 1.65 bits per heavy atom. The molecule has 1 fully saturated rings. The summed E-state index contributed by atoms with van der Waals surface area (Å²) in [4.78, 5) is 2.32. The first kappa shape index (κ1) is 13.9. The monoisotopic (exact) mass is 259 g/mol. The second kappa shape index (κ2) is 5.75. The van der Waals surface area contributed by atoms with Gasteiger partial charge in [-0.3, -0.25) is 0 Å². The van der Waals surface area contributed by atoms with Gasteiger partial charge in [0.05, 0.1) is 0 Å². The Kier molecular flexibility index (Phi) is 4.00. The first-order valence-corrected chi connectivity index (χ1v) is 7.16. The minimum absolute atomic E-state index is 0.0383. The van der Waals surface area contributed by atoms with Crippen molar-refractivity contribution in [1.82, 2.24) is 4.90 Å². The Hall–Kier alpha value is -1.04. The maximum absolute atomic E-state index is 6.36. The van der Waals surface area contributed by atoms with Gasteiger partial charge in [0.1, 0.15) is 0 Å². The number of hydrogen-bond donors (Lipinski definition) is 0. The second-order valence-electron chi connectivity index (χ2n) is 5.58. The van der Waals surface area contributed by atoms with Crippen LogP contribution in [0.25, 0.3) is 0 Å². The predicted molar refractivity (Wildman–Crippen MR) is 82.1 cm³/mol. The molecule has 3 rings (SSSR count). The molecular formula is C17H18LiNO. The van der Waals surface area contributed by atoms with Crippen molar-refractivity contribution in [3.05, 3.63) is 65.7 Å². The van der Waals surface area contributed by atoms with E-state index in [-0.39, 0.29) is 12.3 Å². The van der Waals surface area contributed by atoms with Crippen LogP contribution in [0.2, 0.25) is 0 Å². The fourth-order valence-corrected chi connectivity index (χ4v) is 2.93. The third kappa shape index (κ3) is 2.45. The Balaban J connectivity index is 1.91. The average molecular weight is 259 g/mol. The molecule has 3 unspecified atom stereocenters. The van der Waals surface area contributed by atoms with Crippen LogP contribution in [0.3, 0.4) is 0 Å². The van der Waals surface area contributed by atoms with Gasteiger partial charge in [0.15, 0.2) is 0 Å². The number of ether oxygens (including phenoxy) is 1. The minimum atomic E-state index is 0.0383. The van der Waals surface area contributed by atoms with Crippen LogP contribution >= 0.6 is 0 Å². The van der Waals surface area contributed by atoms with Crippen LogP contribution in [-0.2, 0) is 4.74 Å². The molecule has 1 aliphatic heterocycles. The van der Waals surface area contributed by atoms with Crippen LogP contribution in [0, 0.1) is 0 Å². The molecule has 0 saturated carbocycles. The fourth-order valence-electron chi connectivity index (χ4n) is 2.93. The fraction of sp³-hybridized carbons (Fsp3) is 0.294. The van der Waals surface area contributed by atoms with E-state index in [1.807, 2.05) is 6.07 Å². The number of nitrogens with zero attached hydrogens (tertiary/aromatic N) is 1. The zero-order valence-corrected chi connectivity index (χ0v) is 12.3. The van der Waals surface area contributed by atoms with Crippen LogP contribution in [0.15, 0.2) is 54.6 Å². The van der Waals surface area contributed by atoms with E-state index in [4.69, 9.17) is 4.74 Å². The van der Waals surface area contributed by atoms with E-state index < -0.39 is 0 Å². The molecule has 0 radical (unpaired) electrons. The summed E-state index contributed by atoms with van der Waals surface area (Å²) in [6.07, 6.45) is 0.169. The number of benzene rings is 2. The summed E-state index contributed by atoms with van der Waals surface area (Å²) in [5.41, 5.74) is 2.52. The van der Waals surface area contributed by atoms with E-state index in [2.05, 4.69) is 85.1 Å². The normalized spacial score (nSPS) is 26.9. The molecule has 1 heterocycles. The van der Waals surface area contributed by atoms with E-state index >= 15 is 0 Å². The molecule has 3 heteroatoms. The third-order valence-electron chi connectivity index (χ3n) is 4.31. The van der Waals surface area contributed by atoms with Crippen LogP contribution in [0.1, 0.15) is 30.4 Å². The second-order valence-corrected chi connectivity index (χ2v) is 5.58. The molecule has 2 aromatic carbocycles. The first-order valence-electron chi connectivity index (χ1n) is 7.16. The van der Waals surface area contributed by atoms with Gasteiger partial charge in [-0.2, -0.15) is 0 Å². The van der Waals surface area contributed by atoms with E-state index in [0.717, 1.165) is 0 Å². The van der Waals surface area contributed by atoms with E-state index in [0.29, 0.717) is 6.04 Å². The van der Waals surface area contributed by atoms with Crippen LogP contribution in [0.5, 0.6) is 0 Å². The molecule has 0 aromatic heterocycles. The van der Waals surface area contributed by atoms with Gasteiger partial charge < -0.3 is 0 Å². The van der Waals surface area contributed by atoms with E-state index in [1.54, 1.807) is 0 Å². The SMILES string of the molecule is [Li][c]1ccccc1C1OC(c2ccccc2)C(C)N1C. The molecule has 0 bridgehead atoms. The molecule has 98 valence electrons. The van der Waals surface area contributed by atoms with Gasteiger partial charge in [0.25, 0.3) is 0 Å². The molecule has 0 N–H and O–H groups in total. The molecular weight excluding hydrogens is 241 g/mol. The standard InChI is InChI=1S/C17H18NO.Li/c1-13-16(14-9-5-3-6-10-14)19-17(18(13)2)15-11-7-4-8-12-15;/h3-11,13,16-17H,1-2H3;. The van der Waals surface area contributed by atoms with Crippen LogP contribution in [0.4, 0.5) is 0 Å². The van der Waals surface area contributed by atoms with Crippen molar-refractivity contribution in [1.29, 1.82) is 0 Å². The summed E-state index contributed by atoms with van der Waals surface area (Å²) in [5, 5.41) is 0. The van der Waals surface area contributed by atoms with Crippen molar-refractivity contribution < 1.29 is 4.74 Å². The van der Waals surface area contributed by atoms with Crippen molar-refractivity contribution in [2.24, 2.45) is 0 Å². The zero-order valence-electron chi connectivity index (χ0n) is 12.3. The van der Waals surface area contributed by atoms with Crippen molar-refractivity contribution in [2.45, 2.75) is 25.3 Å². The van der Waals surface area contributed by atoms with Crippen LogP contribution in [-0.4, -0.2) is 35.7 Å². The topological polar surface area (TPSA) is 12.5 Å². The summed E-state index contributed by atoms with van der Waals surface area (Å²) in [7, 11) is 2.14. The molecule has 0 amide bonds. The molecule has 3 atom stereocenters. The third-order valence-corrected chi connectivity index (χ3v) is 4.31. The van der Waals surface area contributed by atoms with E-state index in [1.165, 1.54) is 15.4 Å². The molecule has 2 nitrogen and oxygen atoms in total.